The summed E-state index contributed by atoms with van der Waals surface area (Å²) in [6, 6.07) is 0.283. The molecule has 1 saturated carbocycles. The van der Waals surface area contributed by atoms with E-state index >= 15 is 0 Å². The van der Waals surface area contributed by atoms with Crippen LogP contribution in [0.5, 0.6) is 0 Å². The zero-order valence-corrected chi connectivity index (χ0v) is 11.2. The molecule has 3 N–H and O–H groups in total. The Balaban J connectivity index is 2.23. The van der Waals surface area contributed by atoms with E-state index in [0.717, 1.165) is 19.3 Å². The Kier molecular flexibility index (Phi) is 5.92. The molecule has 0 bridgehead atoms. The molecule has 17 heavy (non-hydrogen) atoms. The van der Waals surface area contributed by atoms with Gasteiger partial charge < -0.3 is 15.8 Å². The molecule has 4 nitrogen and oxygen atoms in total. The van der Waals surface area contributed by atoms with Crippen LogP contribution in [0, 0.1) is 5.92 Å². The van der Waals surface area contributed by atoms with Crippen molar-refractivity contribution in [3.63, 3.8) is 0 Å². The second kappa shape index (κ2) is 6.97. The van der Waals surface area contributed by atoms with Gasteiger partial charge in [-0.2, -0.15) is 0 Å². The fourth-order valence-corrected chi connectivity index (χ4v) is 1.98. The number of nitrogens with one attached hydrogen (secondary N) is 1. The molecule has 0 aromatic rings. The van der Waals surface area contributed by atoms with Crippen molar-refractivity contribution >= 4 is 5.91 Å². The number of amides is 1. The van der Waals surface area contributed by atoms with Crippen LogP contribution in [0.25, 0.3) is 0 Å². The topological polar surface area (TPSA) is 64.3 Å². The number of hydrogen-bond acceptors (Lipinski definition) is 3. The minimum atomic E-state index is -0.0380. The van der Waals surface area contributed by atoms with Crippen LogP contribution in [0.3, 0.4) is 0 Å². The van der Waals surface area contributed by atoms with Crippen LogP contribution in [-0.4, -0.2) is 30.7 Å². The maximum absolute atomic E-state index is 11.6. The summed E-state index contributed by atoms with van der Waals surface area (Å²) in [7, 11) is 0. The van der Waals surface area contributed by atoms with Crippen molar-refractivity contribution in [2.24, 2.45) is 11.7 Å². The van der Waals surface area contributed by atoms with Crippen LogP contribution < -0.4 is 11.1 Å². The Bertz CT molecular complexity index is 244. The zero-order valence-electron chi connectivity index (χ0n) is 11.2. The monoisotopic (exact) mass is 242 g/mol. The molecule has 1 aliphatic rings. The Hall–Kier alpha value is -0.610. The predicted octanol–water partition coefficient (Wildman–Crippen LogP) is 1.43. The molecule has 0 heterocycles. The third kappa shape index (κ3) is 5.04. The molecule has 1 fully saturated rings. The zero-order chi connectivity index (χ0) is 12.8. The van der Waals surface area contributed by atoms with Crippen LogP contribution >= 0.6 is 0 Å². The summed E-state index contributed by atoms with van der Waals surface area (Å²) < 4.78 is 5.60. The normalized spacial score (nSPS) is 26.9. The first-order valence-corrected chi connectivity index (χ1v) is 6.67. The van der Waals surface area contributed by atoms with Crippen molar-refractivity contribution in [3.8, 4) is 0 Å². The van der Waals surface area contributed by atoms with Crippen LogP contribution in [0.1, 0.15) is 46.5 Å². The maximum Gasteiger partial charge on any atom is 0.246 e. The first-order valence-electron chi connectivity index (χ1n) is 6.67. The lowest BCUT2D eigenvalue weighted by Gasteiger charge is -2.28. The van der Waals surface area contributed by atoms with Crippen molar-refractivity contribution in [2.75, 3.05) is 6.61 Å². The lowest BCUT2D eigenvalue weighted by molar-refractivity contribution is -0.129. The van der Waals surface area contributed by atoms with Gasteiger partial charge in [-0.3, -0.25) is 4.79 Å². The Morgan fingerprint density at radius 1 is 1.35 bits per heavy atom. The van der Waals surface area contributed by atoms with Gasteiger partial charge in [0.15, 0.2) is 0 Å². The average Bonchev–Trinajstić information content (AvgIpc) is 2.27. The lowest BCUT2D eigenvalue weighted by atomic mass is 9.93. The van der Waals surface area contributed by atoms with Crippen molar-refractivity contribution in [2.45, 2.75) is 64.6 Å². The highest BCUT2D eigenvalue weighted by Crippen LogP contribution is 2.19. The van der Waals surface area contributed by atoms with Crippen LogP contribution in [0.4, 0.5) is 0 Å². The predicted molar refractivity (Wildman–Crippen MR) is 68.6 cm³/mol. The molecule has 3 atom stereocenters. The lowest BCUT2D eigenvalue weighted by Crippen LogP contribution is -2.43. The van der Waals surface area contributed by atoms with E-state index < -0.39 is 0 Å². The number of nitrogens with two attached hydrogens (primary N) is 1. The van der Waals surface area contributed by atoms with E-state index in [1.165, 1.54) is 6.42 Å². The van der Waals surface area contributed by atoms with Gasteiger partial charge in [0.2, 0.25) is 5.91 Å². The van der Waals surface area contributed by atoms with Crippen molar-refractivity contribution in [1.82, 2.24) is 5.32 Å². The molecule has 0 aromatic carbocycles. The Labute approximate surface area is 104 Å². The fraction of sp³-hybridized carbons (Fsp3) is 0.923. The van der Waals surface area contributed by atoms with E-state index in [1.54, 1.807) is 0 Å². The van der Waals surface area contributed by atoms with Gasteiger partial charge in [0.25, 0.3) is 0 Å². The largest absolute Gasteiger partial charge is 0.367 e. The van der Waals surface area contributed by atoms with Crippen LogP contribution in [-0.2, 0) is 9.53 Å². The summed E-state index contributed by atoms with van der Waals surface area (Å²) in [5.74, 6) is 0.403. The molecule has 1 aliphatic carbocycles. The van der Waals surface area contributed by atoms with Gasteiger partial charge in [0, 0.05) is 12.1 Å². The molecule has 1 rings (SSSR count). The Morgan fingerprint density at radius 3 is 2.59 bits per heavy atom. The first kappa shape index (κ1) is 14.5. The molecule has 0 saturated heterocycles. The maximum atomic E-state index is 11.6. The second-order valence-electron chi connectivity index (χ2n) is 5.40. The van der Waals surface area contributed by atoms with E-state index in [9.17, 15) is 4.79 Å². The van der Waals surface area contributed by atoms with E-state index in [0.29, 0.717) is 5.92 Å². The van der Waals surface area contributed by atoms with Gasteiger partial charge in [-0.05, 0) is 25.7 Å². The highest BCUT2D eigenvalue weighted by molar-refractivity contribution is 5.77. The van der Waals surface area contributed by atoms with Crippen LogP contribution in [0.2, 0.25) is 0 Å². The third-order valence-electron chi connectivity index (χ3n) is 3.57. The molecule has 4 heteroatoms. The van der Waals surface area contributed by atoms with Gasteiger partial charge in [-0.1, -0.05) is 26.7 Å². The molecule has 100 valence electrons. The summed E-state index contributed by atoms with van der Waals surface area (Å²) in [6.45, 7) is 6.32. The summed E-state index contributed by atoms with van der Waals surface area (Å²) in [5, 5.41) is 2.93. The molecule has 0 radical (unpaired) electrons. The number of rotatable bonds is 5. The molecule has 0 spiro atoms. The first-order chi connectivity index (χ1) is 8.00. The minimum absolute atomic E-state index is 0.0380. The number of hydrogen-bond donors (Lipinski definition) is 2. The van der Waals surface area contributed by atoms with Gasteiger partial charge in [0.05, 0.1) is 6.10 Å². The number of carbonyl (C=O) groups excluding carboxylic acids is 1. The molecule has 0 aliphatic heterocycles. The van der Waals surface area contributed by atoms with Crippen molar-refractivity contribution < 1.29 is 9.53 Å². The molecule has 0 aromatic heterocycles. The molecular weight excluding hydrogens is 216 g/mol. The highest BCUT2D eigenvalue weighted by atomic mass is 16.5. The van der Waals surface area contributed by atoms with Gasteiger partial charge >= 0.3 is 0 Å². The minimum Gasteiger partial charge on any atom is -0.367 e. The van der Waals surface area contributed by atoms with Gasteiger partial charge in [-0.25, -0.2) is 0 Å². The average molecular weight is 242 g/mol. The SMILES string of the molecule is CC(C)C(C)NC(=O)COC1CCCCC1N. The standard InChI is InChI=1S/C13H26N2O2/c1-9(2)10(3)15-13(16)8-17-12-7-5-4-6-11(12)14/h9-12H,4-8,14H2,1-3H3,(H,15,16). The van der Waals surface area contributed by atoms with Crippen molar-refractivity contribution in [3.05, 3.63) is 0 Å². The summed E-state index contributed by atoms with van der Waals surface area (Å²) in [4.78, 5) is 11.6. The molecular formula is C13H26N2O2. The van der Waals surface area contributed by atoms with Crippen molar-refractivity contribution in [1.29, 1.82) is 0 Å². The van der Waals surface area contributed by atoms with Gasteiger partial charge in [0.1, 0.15) is 6.61 Å². The van der Waals surface area contributed by atoms with E-state index in [1.807, 2.05) is 6.92 Å². The Morgan fingerprint density at radius 2 is 2.00 bits per heavy atom. The van der Waals surface area contributed by atoms with E-state index in [4.69, 9.17) is 10.5 Å². The smallest absolute Gasteiger partial charge is 0.246 e. The second-order valence-corrected chi connectivity index (χ2v) is 5.40. The molecule has 1 amide bonds. The van der Waals surface area contributed by atoms with Crippen LogP contribution in [0.15, 0.2) is 0 Å². The summed E-state index contributed by atoms with van der Waals surface area (Å²) in [5.41, 5.74) is 5.96. The highest BCUT2D eigenvalue weighted by Gasteiger charge is 2.23. The van der Waals surface area contributed by atoms with Gasteiger partial charge in [-0.15, -0.1) is 0 Å². The third-order valence-corrected chi connectivity index (χ3v) is 3.57. The summed E-state index contributed by atoms with van der Waals surface area (Å²) >= 11 is 0. The number of ether oxygens (including phenoxy) is 1. The fourth-order valence-electron chi connectivity index (χ4n) is 1.98. The molecule has 3 unspecified atom stereocenters. The van der Waals surface area contributed by atoms with E-state index in [-0.39, 0.29) is 30.7 Å². The number of carbonyl (C=O) groups is 1. The summed E-state index contributed by atoms with van der Waals surface area (Å²) in [6.07, 6.45) is 4.38. The van der Waals surface area contributed by atoms with E-state index in [2.05, 4.69) is 19.2 Å². The quantitative estimate of drug-likeness (QED) is 0.766.